The van der Waals surface area contributed by atoms with Crippen molar-refractivity contribution in [3.63, 3.8) is 0 Å². The highest BCUT2D eigenvalue weighted by Crippen LogP contribution is 2.31. The van der Waals surface area contributed by atoms with Gasteiger partial charge >= 0.3 is 0 Å². The van der Waals surface area contributed by atoms with E-state index in [0.29, 0.717) is 55.5 Å². The number of halogens is 2. The quantitative estimate of drug-likeness (QED) is 0.155. The second kappa shape index (κ2) is 16.8. The SMILES string of the molecule is N#Cc1ccc(N2CCc3c(ncnc3Nc3ccc(C(=O)NC4CCC(CN5CCN(c6ccc(C7CCC(=O)NC7=O)cc6)CC5)CC4)c(F)n3)C2)nc1Cl. The van der Waals surface area contributed by atoms with Crippen LogP contribution in [0.4, 0.5) is 27.5 Å². The zero-order valence-electron chi connectivity index (χ0n) is 31.4. The number of carbonyl (C=O) groups is 3. The molecule has 1 saturated carbocycles. The number of imide groups is 1. The molecule has 1 aromatic carbocycles. The van der Waals surface area contributed by atoms with E-state index in [4.69, 9.17) is 16.9 Å². The van der Waals surface area contributed by atoms with Crippen LogP contribution in [0.15, 0.2) is 54.9 Å². The van der Waals surface area contributed by atoms with E-state index in [1.54, 1.807) is 18.2 Å². The average Bonchev–Trinajstić information content (AvgIpc) is 3.22. The Morgan fingerprint density at radius 2 is 1.70 bits per heavy atom. The van der Waals surface area contributed by atoms with E-state index in [1.807, 2.05) is 23.1 Å². The number of piperazine rings is 1. The lowest BCUT2D eigenvalue weighted by Gasteiger charge is -2.39. The van der Waals surface area contributed by atoms with Gasteiger partial charge in [0.25, 0.3) is 5.91 Å². The molecule has 16 heteroatoms. The number of carbonyl (C=O) groups excluding carboxylic acids is 3. The highest BCUT2D eigenvalue weighted by Gasteiger charge is 2.30. The maximum atomic E-state index is 15.3. The van der Waals surface area contributed by atoms with Crippen LogP contribution in [0.5, 0.6) is 0 Å². The van der Waals surface area contributed by atoms with Crippen LogP contribution in [0.2, 0.25) is 5.15 Å². The number of fused-ring (bicyclic) bond motifs is 1. The van der Waals surface area contributed by atoms with E-state index in [9.17, 15) is 14.4 Å². The predicted octanol–water partition coefficient (Wildman–Crippen LogP) is 4.87. The first-order valence-electron chi connectivity index (χ1n) is 19.5. The Labute approximate surface area is 334 Å². The summed E-state index contributed by atoms with van der Waals surface area (Å²) in [7, 11) is 0. The number of hydrogen-bond acceptors (Lipinski definition) is 12. The normalized spacial score (nSPS) is 21.3. The van der Waals surface area contributed by atoms with Crippen molar-refractivity contribution in [2.75, 3.05) is 54.4 Å². The third kappa shape index (κ3) is 8.67. The summed E-state index contributed by atoms with van der Waals surface area (Å²) in [5.74, 6) is -0.0644. The Hall–Kier alpha value is -5.72. The lowest BCUT2D eigenvalue weighted by Crippen LogP contribution is -2.48. The zero-order valence-corrected chi connectivity index (χ0v) is 32.1. The van der Waals surface area contributed by atoms with Crippen molar-refractivity contribution in [2.45, 2.75) is 63.5 Å². The van der Waals surface area contributed by atoms with Crippen LogP contribution in [0.3, 0.4) is 0 Å². The van der Waals surface area contributed by atoms with Gasteiger partial charge < -0.3 is 20.4 Å². The first-order chi connectivity index (χ1) is 27.7. The third-order valence-corrected chi connectivity index (χ3v) is 11.9. The lowest BCUT2D eigenvalue weighted by atomic mass is 9.85. The summed E-state index contributed by atoms with van der Waals surface area (Å²) in [4.78, 5) is 61.1. The van der Waals surface area contributed by atoms with Gasteiger partial charge in [0, 0.05) is 63.0 Å². The van der Waals surface area contributed by atoms with Crippen molar-refractivity contribution in [3.05, 3.63) is 93.9 Å². The Morgan fingerprint density at radius 3 is 2.42 bits per heavy atom. The number of hydrogen-bond donors (Lipinski definition) is 3. The zero-order chi connectivity index (χ0) is 39.5. The molecule has 14 nitrogen and oxygen atoms in total. The minimum atomic E-state index is -0.853. The number of benzene rings is 1. The molecule has 3 aromatic heterocycles. The molecule has 3 fully saturated rings. The summed E-state index contributed by atoms with van der Waals surface area (Å²) in [6.07, 6.45) is 6.62. The number of anilines is 4. The Kier molecular flexibility index (Phi) is 11.2. The summed E-state index contributed by atoms with van der Waals surface area (Å²) in [5.41, 5.74) is 3.96. The van der Waals surface area contributed by atoms with Gasteiger partial charge in [-0.15, -0.1) is 0 Å². The van der Waals surface area contributed by atoms with Gasteiger partial charge in [0.15, 0.2) is 0 Å². The minimum Gasteiger partial charge on any atom is -0.369 e. The summed E-state index contributed by atoms with van der Waals surface area (Å²) in [6, 6.07) is 16.6. The molecular weight excluding hydrogens is 749 g/mol. The molecule has 8 rings (SSSR count). The Morgan fingerprint density at radius 1 is 0.912 bits per heavy atom. The molecule has 0 bridgehead atoms. The van der Waals surface area contributed by atoms with Crippen molar-refractivity contribution >= 4 is 52.5 Å². The van der Waals surface area contributed by atoms with Gasteiger partial charge in [-0.1, -0.05) is 23.7 Å². The fourth-order valence-corrected chi connectivity index (χ4v) is 8.56. The van der Waals surface area contributed by atoms with E-state index < -0.39 is 11.9 Å². The molecule has 0 radical (unpaired) electrons. The summed E-state index contributed by atoms with van der Waals surface area (Å²) in [6.45, 7) is 5.86. The van der Waals surface area contributed by atoms with Gasteiger partial charge in [-0.05, 0) is 86.4 Å². The lowest BCUT2D eigenvalue weighted by molar-refractivity contribution is -0.134. The molecule has 4 aromatic rings. The first-order valence-corrected chi connectivity index (χ1v) is 19.9. The summed E-state index contributed by atoms with van der Waals surface area (Å²) in [5, 5.41) is 17.9. The molecule has 3 N–H and O–H groups in total. The molecule has 3 amide bonds. The number of piperidine rings is 1. The van der Waals surface area contributed by atoms with E-state index in [0.717, 1.165) is 80.9 Å². The number of nitrogens with one attached hydrogen (secondary N) is 3. The van der Waals surface area contributed by atoms with Gasteiger partial charge in [0.1, 0.15) is 35.0 Å². The monoisotopic (exact) mass is 791 g/mol. The number of aromatic nitrogens is 4. The smallest absolute Gasteiger partial charge is 0.256 e. The molecule has 1 atom stereocenters. The molecule has 4 aliphatic rings. The summed E-state index contributed by atoms with van der Waals surface area (Å²) < 4.78 is 15.3. The van der Waals surface area contributed by atoms with Crippen LogP contribution < -0.4 is 25.8 Å². The van der Waals surface area contributed by atoms with Crippen molar-refractivity contribution in [1.29, 1.82) is 5.26 Å². The van der Waals surface area contributed by atoms with Crippen molar-refractivity contribution < 1.29 is 18.8 Å². The molecule has 1 unspecified atom stereocenters. The van der Waals surface area contributed by atoms with Crippen LogP contribution in [0, 0.1) is 23.2 Å². The van der Waals surface area contributed by atoms with Gasteiger partial charge in [-0.3, -0.25) is 24.6 Å². The number of rotatable bonds is 9. The summed E-state index contributed by atoms with van der Waals surface area (Å²) >= 11 is 6.16. The van der Waals surface area contributed by atoms with E-state index in [2.05, 4.69) is 57.8 Å². The van der Waals surface area contributed by atoms with Gasteiger partial charge in [0.05, 0.1) is 29.3 Å². The molecule has 57 heavy (non-hydrogen) atoms. The van der Waals surface area contributed by atoms with E-state index in [1.165, 1.54) is 12.4 Å². The second-order valence-corrected chi connectivity index (χ2v) is 15.5. The van der Waals surface area contributed by atoms with E-state index in [-0.39, 0.29) is 40.3 Å². The molecule has 6 heterocycles. The third-order valence-electron chi connectivity index (χ3n) is 11.6. The topological polar surface area (TPSA) is 172 Å². The Balaban J connectivity index is 0.781. The van der Waals surface area contributed by atoms with E-state index >= 15 is 4.39 Å². The number of amides is 3. The average molecular weight is 792 g/mol. The molecule has 294 valence electrons. The highest BCUT2D eigenvalue weighted by atomic mass is 35.5. The van der Waals surface area contributed by atoms with Crippen molar-refractivity contribution in [1.82, 2.24) is 35.5 Å². The number of pyridine rings is 2. The maximum absolute atomic E-state index is 15.3. The highest BCUT2D eigenvalue weighted by molar-refractivity contribution is 6.30. The fraction of sp³-hybridized carbons (Fsp3) is 0.415. The number of nitriles is 1. The molecule has 2 saturated heterocycles. The van der Waals surface area contributed by atoms with Crippen LogP contribution in [0.1, 0.15) is 77.2 Å². The fourth-order valence-electron chi connectivity index (χ4n) is 8.37. The van der Waals surface area contributed by atoms with Crippen molar-refractivity contribution in [3.8, 4) is 6.07 Å². The molecule has 0 spiro atoms. The van der Waals surface area contributed by atoms with Crippen LogP contribution in [-0.4, -0.2) is 87.9 Å². The minimum absolute atomic E-state index is 0.0199. The molecule has 3 aliphatic heterocycles. The van der Waals surface area contributed by atoms with Crippen LogP contribution in [0.25, 0.3) is 0 Å². The molecular formula is C41H43ClFN11O3. The van der Waals surface area contributed by atoms with Crippen molar-refractivity contribution in [2.24, 2.45) is 5.92 Å². The van der Waals surface area contributed by atoms with Gasteiger partial charge in [-0.25, -0.2) is 19.9 Å². The molecule has 1 aliphatic carbocycles. The predicted molar refractivity (Wildman–Crippen MR) is 212 cm³/mol. The van der Waals surface area contributed by atoms with Crippen LogP contribution >= 0.6 is 11.6 Å². The largest absolute Gasteiger partial charge is 0.369 e. The standard InChI is InChI=1S/C41H43ClFN11O3/c42-37-27(21-44)5-13-35(50-37)54-16-15-31-33(23-54)45-24-46-39(31)49-34-12-10-32(38(43)48-34)41(57)47-28-6-1-25(2-7-28)22-52-17-19-53(20-18-52)29-8-3-26(4-9-29)30-11-14-36(55)51-40(30)56/h3-5,8-10,12-13,24-25,28,30H,1-2,6-7,11,14-20,22-23H2,(H,47,57)(H,51,55,56)(H,45,46,48,49). The number of nitrogens with zero attached hydrogens (tertiary/aromatic N) is 8. The first kappa shape index (κ1) is 38.2. The van der Waals surface area contributed by atoms with Crippen LogP contribution in [-0.2, 0) is 22.6 Å². The maximum Gasteiger partial charge on any atom is 0.256 e. The van der Waals surface area contributed by atoms with Gasteiger partial charge in [-0.2, -0.15) is 9.65 Å². The van der Waals surface area contributed by atoms with Gasteiger partial charge in [0.2, 0.25) is 17.8 Å². The Bertz CT molecular complexity index is 2200. The second-order valence-electron chi connectivity index (χ2n) is 15.2.